The molecular weight excluding hydrogens is 247 g/mol. The van der Waals surface area contributed by atoms with Crippen LogP contribution in [0.1, 0.15) is 12.0 Å². The molecule has 0 aliphatic rings. The van der Waals surface area contributed by atoms with Crippen LogP contribution in [-0.2, 0) is 16.0 Å². The van der Waals surface area contributed by atoms with Crippen molar-refractivity contribution in [1.29, 1.82) is 0 Å². The quantitative estimate of drug-likeness (QED) is 0.550. The zero-order chi connectivity index (χ0) is 14.1. The number of hydrogen-bond donors (Lipinski definition) is 1. The molecule has 1 aromatic carbocycles. The molecule has 0 saturated heterocycles. The first kappa shape index (κ1) is 15.9. The lowest BCUT2D eigenvalue weighted by Gasteiger charge is -2.22. The van der Waals surface area contributed by atoms with Crippen LogP contribution >= 0.6 is 0 Å². The summed E-state index contributed by atoms with van der Waals surface area (Å²) in [4.78, 5) is 2.21. The first-order valence-electron chi connectivity index (χ1n) is 6.41. The zero-order valence-corrected chi connectivity index (χ0v) is 11.7. The Morgan fingerprint density at radius 3 is 2.47 bits per heavy atom. The molecule has 0 amide bonds. The lowest BCUT2D eigenvalue weighted by molar-refractivity contribution is 0.129. The van der Waals surface area contributed by atoms with Crippen LogP contribution in [-0.4, -0.2) is 45.4 Å². The highest BCUT2D eigenvalue weighted by atomic mass is 19.1. The molecule has 19 heavy (non-hydrogen) atoms. The number of methoxy groups -OCH3 is 2. The molecule has 0 heterocycles. The molecule has 0 aromatic heterocycles. The van der Waals surface area contributed by atoms with Gasteiger partial charge in [0.05, 0.1) is 6.61 Å². The summed E-state index contributed by atoms with van der Waals surface area (Å²) in [5.74, 6) is -0.293. The Bertz CT molecular complexity index is 354. The van der Waals surface area contributed by atoms with Crippen LogP contribution in [0.3, 0.4) is 0 Å². The van der Waals surface area contributed by atoms with E-state index >= 15 is 0 Å². The van der Waals surface area contributed by atoms with Crippen molar-refractivity contribution in [3.63, 3.8) is 0 Å². The van der Waals surface area contributed by atoms with Gasteiger partial charge in [-0.3, -0.25) is 4.90 Å². The topological polar surface area (TPSA) is 47.7 Å². The lowest BCUT2D eigenvalue weighted by atomic mass is 10.2. The summed E-state index contributed by atoms with van der Waals surface area (Å²) in [6, 6.07) is 4.65. The van der Waals surface area contributed by atoms with Crippen molar-refractivity contribution in [2.24, 2.45) is 0 Å². The first-order valence-corrected chi connectivity index (χ1v) is 6.41. The van der Waals surface area contributed by atoms with Crippen LogP contribution in [0.15, 0.2) is 18.2 Å². The monoisotopic (exact) mass is 270 g/mol. The Kier molecular flexibility index (Phi) is 7.40. The van der Waals surface area contributed by atoms with Gasteiger partial charge in [0, 0.05) is 46.1 Å². The normalized spacial score (nSPS) is 11.2. The van der Waals surface area contributed by atoms with Crippen molar-refractivity contribution in [3.05, 3.63) is 29.6 Å². The van der Waals surface area contributed by atoms with E-state index in [1.807, 2.05) is 0 Å². The van der Waals surface area contributed by atoms with Crippen molar-refractivity contribution in [3.8, 4) is 0 Å². The van der Waals surface area contributed by atoms with E-state index in [9.17, 15) is 4.39 Å². The van der Waals surface area contributed by atoms with Crippen LogP contribution < -0.4 is 5.73 Å². The molecule has 0 spiro atoms. The predicted molar refractivity (Wildman–Crippen MR) is 74.5 cm³/mol. The average Bonchev–Trinajstić information content (AvgIpc) is 2.34. The van der Waals surface area contributed by atoms with E-state index in [1.54, 1.807) is 20.3 Å². The van der Waals surface area contributed by atoms with Gasteiger partial charge < -0.3 is 15.2 Å². The smallest absolute Gasteiger partial charge is 0.125 e. The third-order valence-electron chi connectivity index (χ3n) is 2.82. The Hall–Kier alpha value is -1.17. The van der Waals surface area contributed by atoms with Crippen molar-refractivity contribution >= 4 is 5.69 Å². The minimum Gasteiger partial charge on any atom is -0.399 e. The summed E-state index contributed by atoms with van der Waals surface area (Å²) in [7, 11) is 3.36. The largest absolute Gasteiger partial charge is 0.399 e. The minimum atomic E-state index is -0.293. The molecule has 5 heteroatoms. The maximum absolute atomic E-state index is 13.3. The molecule has 0 aliphatic heterocycles. The highest BCUT2D eigenvalue weighted by Gasteiger charge is 2.07. The van der Waals surface area contributed by atoms with E-state index < -0.39 is 0 Å². The summed E-state index contributed by atoms with van der Waals surface area (Å²) in [5, 5.41) is 0. The molecule has 2 N–H and O–H groups in total. The van der Waals surface area contributed by atoms with Gasteiger partial charge in [0.25, 0.3) is 0 Å². The third-order valence-corrected chi connectivity index (χ3v) is 2.82. The Labute approximate surface area is 114 Å². The molecule has 1 aromatic rings. The molecular formula is C14H23FN2O2. The van der Waals surface area contributed by atoms with E-state index in [0.717, 1.165) is 31.7 Å². The third kappa shape index (κ3) is 6.52. The number of halogens is 1. The fraction of sp³-hybridized carbons (Fsp3) is 0.571. The minimum absolute atomic E-state index is 0.293. The highest BCUT2D eigenvalue weighted by Crippen LogP contribution is 2.13. The van der Waals surface area contributed by atoms with Crippen molar-refractivity contribution < 1.29 is 13.9 Å². The molecule has 108 valence electrons. The van der Waals surface area contributed by atoms with Crippen LogP contribution in [0.5, 0.6) is 0 Å². The molecule has 0 radical (unpaired) electrons. The van der Waals surface area contributed by atoms with Gasteiger partial charge >= 0.3 is 0 Å². The summed E-state index contributed by atoms with van der Waals surface area (Å²) >= 11 is 0. The molecule has 0 atom stereocenters. The Morgan fingerprint density at radius 1 is 1.11 bits per heavy atom. The standard InChI is InChI=1S/C14H23FN2O2/c1-18-6-3-4-17(5-7-19-2)11-12-8-13(15)10-14(16)9-12/h8-10H,3-7,11,16H2,1-2H3. The molecule has 0 unspecified atom stereocenters. The van der Waals surface area contributed by atoms with E-state index in [0.29, 0.717) is 18.8 Å². The summed E-state index contributed by atoms with van der Waals surface area (Å²) in [6.07, 6.45) is 0.936. The lowest BCUT2D eigenvalue weighted by Crippen LogP contribution is -2.28. The number of nitrogens with zero attached hydrogens (tertiary/aromatic N) is 1. The summed E-state index contributed by atoms with van der Waals surface area (Å²) < 4.78 is 23.4. The second kappa shape index (κ2) is 8.85. The molecule has 0 aliphatic carbocycles. The number of anilines is 1. The summed E-state index contributed by atoms with van der Waals surface area (Å²) in [6.45, 7) is 3.71. The number of hydrogen-bond acceptors (Lipinski definition) is 4. The number of rotatable bonds is 9. The Morgan fingerprint density at radius 2 is 1.84 bits per heavy atom. The van der Waals surface area contributed by atoms with Gasteiger partial charge in [0.1, 0.15) is 5.82 Å². The maximum atomic E-state index is 13.3. The average molecular weight is 270 g/mol. The van der Waals surface area contributed by atoms with Crippen molar-refractivity contribution in [1.82, 2.24) is 4.90 Å². The van der Waals surface area contributed by atoms with E-state index in [4.69, 9.17) is 15.2 Å². The SMILES string of the molecule is COCCCN(CCOC)Cc1cc(N)cc(F)c1. The number of ether oxygens (including phenoxy) is 2. The highest BCUT2D eigenvalue weighted by molar-refractivity contribution is 5.41. The molecule has 0 saturated carbocycles. The number of nitrogen functional groups attached to an aromatic ring is 1. The predicted octanol–water partition coefficient (Wildman–Crippen LogP) is 1.89. The van der Waals surface area contributed by atoms with Gasteiger partial charge in [0.2, 0.25) is 0 Å². The molecule has 4 nitrogen and oxygen atoms in total. The second-order valence-corrected chi connectivity index (χ2v) is 4.51. The second-order valence-electron chi connectivity index (χ2n) is 4.51. The van der Waals surface area contributed by atoms with Gasteiger partial charge in [-0.25, -0.2) is 4.39 Å². The molecule has 0 bridgehead atoms. The first-order chi connectivity index (χ1) is 9.15. The van der Waals surface area contributed by atoms with Gasteiger partial charge in [-0.15, -0.1) is 0 Å². The van der Waals surface area contributed by atoms with Gasteiger partial charge in [-0.05, 0) is 30.2 Å². The van der Waals surface area contributed by atoms with E-state index in [-0.39, 0.29) is 5.82 Å². The Balaban J connectivity index is 2.58. The van der Waals surface area contributed by atoms with Crippen LogP contribution in [0.4, 0.5) is 10.1 Å². The van der Waals surface area contributed by atoms with Gasteiger partial charge in [0.15, 0.2) is 0 Å². The zero-order valence-electron chi connectivity index (χ0n) is 11.7. The van der Waals surface area contributed by atoms with Crippen molar-refractivity contribution in [2.45, 2.75) is 13.0 Å². The van der Waals surface area contributed by atoms with Crippen LogP contribution in [0, 0.1) is 5.82 Å². The number of nitrogens with two attached hydrogens (primary N) is 1. The van der Waals surface area contributed by atoms with Crippen LogP contribution in [0.2, 0.25) is 0 Å². The van der Waals surface area contributed by atoms with E-state index in [2.05, 4.69) is 4.90 Å². The van der Waals surface area contributed by atoms with Crippen molar-refractivity contribution in [2.75, 3.05) is 46.3 Å². The maximum Gasteiger partial charge on any atom is 0.125 e. The van der Waals surface area contributed by atoms with Crippen LogP contribution in [0.25, 0.3) is 0 Å². The number of benzene rings is 1. The fourth-order valence-electron chi connectivity index (χ4n) is 1.95. The fourth-order valence-corrected chi connectivity index (χ4v) is 1.95. The molecule has 1 rings (SSSR count). The van der Waals surface area contributed by atoms with Gasteiger partial charge in [-0.2, -0.15) is 0 Å². The van der Waals surface area contributed by atoms with E-state index in [1.165, 1.54) is 12.1 Å². The summed E-state index contributed by atoms with van der Waals surface area (Å²) in [5.41, 5.74) is 6.99. The molecule has 0 fully saturated rings. The van der Waals surface area contributed by atoms with Gasteiger partial charge in [-0.1, -0.05) is 0 Å².